The molecule has 0 saturated carbocycles. The first-order valence-corrected chi connectivity index (χ1v) is 9.62. The predicted molar refractivity (Wildman–Crippen MR) is 112 cm³/mol. The van der Waals surface area contributed by atoms with E-state index in [0.717, 1.165) is 15.7 Å². The maximum atomic E-state index is 12.3. The summed E-state index contributed by atoms with van der Waals surface area (Å²) in [5.41, 5.74) is 2.41. The summed E-state index contributed by atoms with van der Waals surface area (Å²) in [7, 11) is 0. The Hall–Kier alpha value is -2.93. The van der Waals surface area contributed by atoms with E-state index in [1.807, 2.05) is 38.1 Å². The molecule has 0 bridgehead atoms. The zero-order chi connectivity index (χ0) is 20.3. The maximum absolute atomic E-state index is 12.3. The number of nitrogens with zero attached hydrogens (tertiary/aromatic N) is 2. The Labute approximate surface area is 171 Å². The molecule has 3 aromatic rings. The molecule has 0 fully saturated rings. The molecule has 6 nitrogen and oxygen atoms in total. The van der Waals surface area contributed by atoms with Crippen LogP contribution in [0.3, 0.4) is 0 Å². The Balaban J connectivity index is 2.00. The summed E-state index contributed by atoms with van der Waals surface area (Å²) in [4.78, 5) is 23.4. The van der Waals surface area contributed by atoms with Crippen molar-refractivity contribution in [3.05, 3.63) is 64.6 Å². The van der Waals surface area contributed by atoms with Gasteiger partial charge >= 0.3 is 5.97 Å². The van der Waals surface area contributed by atoms with Crippen LogP contribution in [0.15, 0.2) is 59.1 Å². The van der Waals surface area contributed by atoms with Gasteiger partial charge in [0.2, 0.25) is 5.91 Å². The Morgan fingerprint density at radius 1 is 1.11 bits per heavy atom. The van der Waals surface area contributed by atoms with Crippen LogP contribution in [0.25, 0.3) is 16.9 Å². The minimum atomic E-state index is -0.978. The van der Waals surface area contributed by atoms with Crippen molar-refractivity contribution < 1.29 is 14.7 Å². The lowest BCUT2D eigenvalue weighted by Gasteiger charge is -2.10. The average molecular weight is 442 g/mol. The van der Waals surface area contributed by atoms with Gasteiger partial charge in [-0.05, 0) is 42.3 Å². The summed E-state index contributed by atoms with van der Waals surface area (Å²) in [5, 5.41) is 16.6. The van der Waals surface area contributed by atoms with Gasteiger partial charge in [-0.15, -0.1) is 0 Å². The molecule has 28 heavy (non-hydrogen) atoms. The molecule has 0 atom stereocenters. The molecule has 0 radical (unpaired) electrons. The third kappa shape index (κ3) is 4.67. The molecular weight excluding hydrogens is 422 g/mol. The van der Waals surface area contributed by atoms with Crippen LogP contribution in [-0.4, -0.2) is 26.8 Å². The molecule has 0 aliphatic heterocycles. The van der Waals surface area contributed by atoms with Gasteiger partial charge in [-0.1, -0.05) is 41.9 Å². The lowest BCUT2D eigenvalue weighted by atomic mass is 10.1. The van der Waals surface area contributed by atoms with Gasteiger partial charge in [0, 0.05) is 22.5 Å². The summed E-state index contributed by atoms with van der Waals surface area (Å²) in [5.74, 6) is -0.257. The van der Waals surface area contributed by atoms with E-state index in [-0.39, 0.29) is 17.4 Å². The Morgan fingerprint density at radius 3 is 2.32 bits per heavy atom. The molecule has 1 amide bonds. The third-order valence-corrected chi connectivity index (χ3v) is 4.60. The van der Waals surface area contributed by atoms with Gasteiger partial charge in [0.15, 0.2) is 0 Å². The van der Waals surface area contributed by atoms with Crippen LogP contribution >= 0.6 is 15.9 Å². The number of aromatic carboxylic acids is 1. The molecule has 2 N–H and O–H groups in total. The molecule has 2 aromatic carbocycles. The topological polar surface area (TPSA) is 84.2 Å². The smallest absolute Gasteiger partial charge is 0.335 e. The number of carbonyl (C=O) groups is 2. The second-order valence-corrected chi connectivity index (χ2v) is 7.75. The Kier molecular flexibility index (Phi) is 5.94. The molecular formula is C21H20BrN3O3. The SMILES string of the molecule is CC(C)CC(=O)Nc1cc(-c2ccc(C(=O)O)cc2)nn1-c1ccc(Br)cc1. The molecule has 1 aromatic heterocycles. The quantitative estimate of drug-likeness (QED) is 0.564. The van der Waals surface area contributed by atoms with Gasteiger partial charge in [0.25, 0.3) is 0 Å². The van der Waals surface area contributed by atoms with Gasteiger partial charge in [-0.3, -0.25) is 4.79 Å². The highest BCUT2D eigenvalue weighted by Gasteiger charge is 2.15. The van der Waals surface area contributed by atoms with E-state index in [1.165, 1.54) is 12.1 Å². The molecule has 0 aliphatic rings. The number of amides is 1. The summed E-state index contributed by atoms with van der Waals surface area (Å²) < 4.78 is 2.61. The number of hydrogen-bond donors (Lipinski definition) is 2. The highest BCUT2D eigenvalue weighted by molar-refractivity contribution is 9.10. The van der Waals surface area contributed by atoms with E-state index in [1.54, 1.807) is 22.9 Å². The van der Waals surface area contributed by atoms with Crippen molar-refractivity contribution in [3.8, 4) is 16.9 Å². The molecule has 0 unspecified atom stereocenters. The number of hydrogen-bond acceptors (Lipinski definition) is 3. The van der Waals surface area contributed by atoms with Crippen LogP contribution in [0.4, 0.5) is 5.82 Å². The largest absolute Gasteiger partial charge is 0.478 e. The van der Waals surface area contributed by atoms with Crippen LogP contribution in [-0.2, 0) is 4.79 Å². The summed E-state index contributed by atoms with van der Waals surface area (Å²) >= 11 is 3.42. The minimum absolute atomic E-state index is 0.0824. The van der Waals surface area contributed by atoms with Gasteiger partial charge in [0.05, 0.1) is 16.9 Å². The van der Waals surface area contributed by atoms with E-state index < -0.39 is 5.97 Å². The molecule has 144 valence electrons. The number of benzene rings is 2. The molecule has 1 heterocycles. The minimum Gasteiger partial charge on any atom is -0.478 e. The van der Waals surface area contributed by atoms with Gasteiger partial charge in [0.1, 0.15) is 5.82 Å². The number of aromatic nitrogens is 2. The van der Waals surface area contributed by atoms with E-state index in [2.05, 4.69) is 26.3 Å². The van der Waals surface area contributed by atoms with Crippen molar-refractivity contribution >= 4 is 33.6 Å². The first-order chi connectivity index (χ1) is 13.3. The fourth-order valence-electron chi connectivity index (χ4n) is 2.74. The highest BCUT2D eigenvalue weighted by atomic mass is 79.9. The lowest BCUT2D eigenvalue weighted by Crippen LogP contribution is -2.16. The van der Waals surface area contributed by atoms with Gasteiger partial charge in [-0.25, -0.2) is 9.48 Å². The number of anilines is 1. The molecule has 0 aliphatic carbocycles. The van der Waals surface area contributed by atoms with Gasteiger partial charge in [-0.2, -0.15) is 5.10 Å². The first kappa shape index (κ1) is 19.8. The summed E-state index contributed by atoms with van der Waals surface area (Å²) in [6, 6.07) is 15.9. The van der Waals surface area contributed by atoms with Crippen molar-refractivity contribution in [1.82, 2.24) is 9.78 Å². The first-order valence-electron chi connectivity index (χ1n) is 8.83. The molecule has 7 heteroatoms. The van der Waals surface area contributed by atoms with Crippen molar-refractivity contribution in [2.75, 3.05) is 5.32 Å². The highest BCUT2D eigenvalue weighted by Crippen LogP contribution is 2.26. The standard InChI is InChI=1S/C21H20BrN3O3/c1-13(2)11-20(26)23-19-12-18(14-3-5-15(6-4-14)21(27)28)24-25(19)17-9-7-16(22)8-10-17/h3-10,12-13H,11H2,1-2H3,(H,23,26)(H,27,28). The summed E-state index contributed by atoms with van der Waals surface area (Å²) in [6.07, 6.45) is 0.411. The molecule has 0 saturated heterocycles. The van der Waals surface area contributed by atoms with E-state index in [0.29, 0.717) is 17.9 Å². The second kappa shape index (κ2) is 8.39. The zero-order valence-electron chi connectivity index (χ0n) is 15.5. The third-order valence-electron chi connectivity index (χ3n) is 4.07. The van der Waals surface area contributed by atoms with Crippen LogP contribution < -0.4 is 5.32 Å². The van der Waals surface area contributed by atoms with Crippen molar-refractivity contribution in [1.29, 1.82) is 0 Å². The Bertz CT molecular complexity index is 993. The summed E-state index contributed by atoms with van der Waals surface area (Å²) in [6.45, 7) is 3.97. The van der Waals surface area contributed by atoms with Crippen molar-refractivity contribution in [2.45, 2.75) is 20.3 Å². The number of nitrogens with one attached hydrogen (secondary N) is 1. The van der Waals surface area contributed by atoms with E-state index in [4.69, 9.17) is 5.11 Å². The molecule has 3 rings (SSSR count). The van der Waals surface area contributed by atoms with Crippen LogP contribution in [0.1, 0.15) is 30.6 Å². The number of carboxylic acid groups (broad SMARTS) is 1. The number of halogens is 1. The zero-order valence-corrected chi connectivity index (χ0v) is 17.1. The Morgan fingerprint density at radius 2 is 1.75 bits per heavy atom. The van der Waals surface area contributed by atoms with E-state index >= 15 is 0 Å². The fourth-order valence-corrected chi connectivity index (χ4v) is 3.00. The molecule has 0 spiro atoms. The van der Waals surface area contributed by atoms with E-state index in [9.17, 15) is 9.59 Å². The average Bonchev–Trinajstić information content (AvgIpc) is 3.05. The van der Waals surface area contributed by atoms with Crippen molar-refractivity contribution in [3.63, 3.8) is 0 Å². The van der Waals surface area contributed by atoms with Crippen LogP contribution in [0.5, 0.6) is 0 Å². The predicted octanol–water partition coefficient (Wildman–Crippen LogP) is 4.98. The lowest BCUT2D eigenvalue weighted by molar-refractivity contribution is -0.116. The normalized spacial score (nSPS) is 10.9. The maximum Gasteiger partial charge on any atom is 0.335 e. The monoisotopic (exact) mass is 441 g/mol. The number of carbonyl (C=O) groups excluding carboxylic acids is 1. The van der Waals surface area contributed by atoms with Crippen LogP contribution in [0.2, 0.25) is 0 Å². The fraction of sp³-hybridized carbons (Fsp3) is 0.190. The number of rotatable bonds is 6. The van der Waals surface area contributed by atoms with Crippen molar-refractivity contribution in [2.24, 2.45) is 5.92 Å². The number of carboxylic acids is 1. The second-order valence-electron chi connectivity index (χ2n) is 6.83. The van der Waals surface area contributed by atoms with Crippen LogP contribution in [0, 0.1) is 5.92 Å². The van der Waals surface area contributed by atoms with Gasteiger partial charge < -0.3 is 10.4 Å².